The van der Waals surface area contributed by atoms with Crippen LogP contribution in [0.2, 0.25) is 0 Å². The van der Waals surface area contributed by atoms with E-state index >= 15 is 0 Å². The molecule has 1 heterocycles. The average Bonchev–Trinajstić information content (AvgIpc) is 2.96. The fraction of sp³-hybridized carbons (Fsp3) is 0.125. The van der Waals surface area contributed by atoms with Crippen LogP contribution >= 0.6 is 0 Å². The molecule has 0 bridgehead atoms. The second-order valence-corrected chi connectivity index (χ2v) is 4.88. The fourth-order valence-electron chi connectivity index (χ4n) is 2.18. The van der Waals surface area contributed by atoms with Gasteiger partial charge in [0.05, 0.1) is 11.3 Å². The van der Waals surface area contributed by atoms with Crippen molar-refractivity contribution in [3.05, 3.63) is 53.1 Å². The van der Waals surface area contributed by atoms with Crippen LogP contribution in [0, 0.1) is 6.92 Å². The van der Waals surface area contributed by atoms with Crippen molar-refractivity contribution in [2.24, 2.45) is 0 Å². The monoisotopic (exact) mass is 299 g/mol. The van der Waals surface area contributed by atoms with Crippen molar-refractivity contribution < 1.29 is 24.2 Å². The first-order valence-electron chi connectivity index (χ1n) is 6.59. The first-order valence-corrected chi connectivity index (χ1v) is 6.59. The second-order valence-electron chi connectivity index (χ2n) is 4.88. The standard InChI is InChI=1S/C16H13NO5/c1-9-2-4-12(11(6-9)16(19)20)17-15(18)10-3-5-13-14(7-10)22-8-21-13/h2-7H,8H2,1H3,(H,17,18)(H,19,20). The molecule has 0 spiro atoms. The molecule has 0 radical (unpaired) electrons. The molecule has 112 valence electrons. The topological polar surface area (TPSA) is 84.9 Å². The van der Waals surface area contributed by atoms with Crippen LogP contribution in [0.4, 0.5) is 5.69 Å². The number of carbonyl (C=O) groups is 2. The van der Waals surface area contributed by atoms with Gasteiger partial charge in [-0.05, 0) is 37.3 Å². The lowest BCUT2D eigenvalue weighted by atomic mass is 10.1. The summed E-state index contributed by atoms with van der Waals surface area (Å²) in [6.07, 6.45) is 0. The van der Waals surface area contributed by atoms with Crippen LogP contribution in [0.1, 0.15) is 26.3 Å². The number of nitrogens with one attached hydrogen (secondary N) is 1. The fourth-order valence-corrected chi connectivity index (χ4v) is 2.18. The van der Waals surface area contributed by atoms with Gasteiger partial charge in [0.15, 0.2) is 11.5 Å². The Kier molecular flexibility index (Phi) is 3.42. The van der Waals surface area contributed by atoms with Gasteiger partial charge in [-0.15, -0.1) is 0 Å². The molecule has 22 heavy (non-hydrogen) atoms. The molecule has 0 atom stereocenters. The van der Waals surface area contributed by atoms with Crippen LogP contribution in [0.25, 0.3) is 0 Å². The van der Waals surface area contributed by atoms with E-state index in [-0.39, 0.29) is 18.0 Å². The smallest absolute Gasteiger partial charge is 0.337 e. The Balaban J connectivity index is 1.87. The normalized spacial score (nSPS) is 12.0. The predicted octanol–water partition coefficient (Wildman–Crippen LogP) is 2.67. The third-order valence-corrected chi connectivity index (χ3v) is 3.29. The molecule has 2 N–H and O–H groups in total. The number of ether oxygens (including phenoxy) is 2. The summed E-state index contributed by atoms with van der Waals surface area (Å²) in [5.41, 5.74) is 1.47. The van der Waals surface area contributed by atoms with Crippen molar-refractivity contribution in [1.82, 2.24) is 0 Å². The Morgan fingerprint density at radius 1 is 1.09 bits per heavy atom. The number of carboxylic acid groups (broad SMARTS) is 1. The molecule has 6 nitrogen and oxygen atoms in total. The lowest BCUT2D eigenvalue weighted by molar-refractivity contribution is 0.0698. The number of rotatable bonds is 3. The average molecular weight is 299 g/mol. The molecule has 1 aliphatic heterocycles. The van der Waals surface area contributed by atoms with E-state index in [1.54, 1.807) is 37.3 Å². The SMILES string of the molecule is Cc1ccc(NC(=O)c2ccc3c(c2)OCO3)c(C(=O)O)c1. The molecule has 0 aromatic heterocycles. The van der Waals surface area contributed by atoms with E-state index in [0.29, 0.717) is 17.1 Å². The number of hydrogen-bond acceptors (Lipinski definition) is 4. The molecule has 2 aromatic carbocycles. The van der Waals surface area contributed by atoms with Crippen molar-refractivity contribution in [3.63, 3.8) is 0 Å². The van der Waals surface area contributed by atoms with E-state index in [9.17, 15) is 14.7 Å². The first kappa shape index (κ1) is 13.9. The summed E-state index contributed by atoms with van der Waals surface area (Å²) >= 11 is 0. The minimum atomic E-state index is -1.09. The largest absolute Gasteiger partial charge is 0.478 e. The molecular formula is C16H13NO5. The third kappa shape index (κ3) is 2.58. The van der Waals surface area contributed by atoms with Gasteiger partial charge in [-0.1, -0.05) is 11.6 Å². The minimum Gasteiger partial charge on any atom is -0.478 e. The highest BCUT2D eigenvalue weighted by Crippen LogP contribution is 2.32. The summed E-state index contributed by atoms with van der Waals surface area (Å²) in [5.74, 6) is -0.428. The quantitative estimate of drug-likeness (QED) is 0.910. The van der Waals surface area contributed by atoms with E-state index in [4.69, 9.17) is 9.47 Å². The van der Waals surface area contributed by atoms with Crippen LogP contribution < -0.4 is 14.8 Å². The van der Waals surface area contributed by atoms with Crippen LogP contribution in [0.3, 0.4) is 0 Å². The van der Waals surface area contributed by atoms with E-state index in [2.05, 4.69) is 5.32 Å². The summed E-state index contributed by atoms with van der Waals surface area (Å²) in [6.45, 7) is 1.91. The number of anilines is 1. The highest BCUT2D eigenvalue weighted by atomic mass is 16.7. The molecule has 0 saturated heterocycles. The highest BCUT2D eigenvalue weighted by Gasteiger charge is 2.18. The van der Waals surface area contributed by atoms with Gasteiger partial charge >= 0.3 is 5.97 Å². The van der Waals surface area contributed by atoms with Crippen molar-refractivity contribution in [2.45, 2.75) is 6.92 Å². The first-order chi connectivity index (χ1) is 10.5. The van der Waals surface area contributed by atoms with E-state index < -0.39 is 11.9 Å². The van der Waals surface area contributed by atoms with Crippen molar-refractivity contribution >= 4 is 17.6 Å². The maximum Gasteiger partial charge on any atom is 0.337 e. The summed E-state index contributed by atoms with van der Waals surface area (Å²) < 4.78 is 10.4. The Morgan fingerprint density at radius 2 is 1.86 bits per heavy atom. The number of aryl methyl sites for hydroxylation is 1. The van der Waals surface area contributed by atoms with E-state index in [1.807, 2.05) is 0 Å². The predicted molar refractivity (Wildman–Crippen MR) is 78.7 cm³/mol. The Labute approximate surface area is 126 Å². The molecule has 0 fully saturated rings. The Hall–Kier alpha value is -3.02. The van der Waals surface area contributed by atoms with Crippen LogP contribution in [-0.4, -0.2) is 23.8 Å². The van der Waals surface area contributed by atoms with Gasteiger partial charge in [0.25, 0.3) is 5.91 Å². The van der Waals surface area contributed by atoms with Crippen LogP contribution in [0.15, 0.2) is 36.4 Å². The maximum atomic E-state index is 12.3. The molecule has 2 aromatic rings. The van der Waals surface area contributed by atoms with Gasteiger partial charge < -0.3 is 19.9 Å². The van der Waals surface area contributed by atoms with Crippen LogP contribution in [0.5, 0.6) is 11.5 Å². The highest BCUT2D eigenvalue weighted by molar-refractivity contribution is 6.08. The number of carboxylic acids is 1. The van der Waals surface area contributed by atoms with Crippen LogP contribution in [-0.2, 0) is 0 Å². The molecule has 6 heteroatoms. The molecule has 0 aliphatic carbocycles. The van der Waals surface area contributed by atoms with E-state index in [1.165, 1.54) is 6.07 Å². The molecule has 0 unspecified atom stereocenters. The number of amides is 1. The van der Waals surface area contributed by atoms with Gasteiger partial charge in [-0.2, -0.15) is 0 Å². The molecular weight excluding hydrogens is 286 g/mol. The summed E-state index contributed by atoms with van der Waals surface area (Å²) in [5, 5.41) is 11.8. The number of hydrogen-bond donors (Lipinski definition) is 2. The molecule has 1 amide bonds. The molecule has 0 saturated carbocycles. The Morgan fingerprint density at radius 3 is 2.64 bits per heavy atom. The van der Waals surface area contributed by atoms with Gasteiger partial charge in [0, 0.05) is 5.56 Å². The van der Waals surface area contributed by atoms with Crippen molar-refractivity contribution in [1.29, 1.82) is 0 Å². The van der Waals surface area contributed by atoms with Crippen molar-refractivity contribution in [3.8, 4) is 11.5 Å². The molecule has 1 aliphatic rings. The van der Waals surface area contributed by atoms with E-state index in [0.717, 1.165) is 5.56 Å². The zero-order chi connectivity index (χ0) is 15.7. The van der Waals surface area contributed by atoms with Gasteiger partial charge in [0.1, 0.15) is 0 Å². The van der Waals surface area contributed by atoms with Crippen molar-refractivity contribution in [2.75, 3.05) is 12.1 Å². The van der Waals surface area contributed by atoms with Gasteiger partial charge in [-0.25, -0.2) is 4.79 Å². The minimum absolute atomic E-state index is 0.0501. The Bertz CT molecular complexity index is 769. The zero-order valence-corrected chi connectivity index (χ0v) is 11.8. The maximum absolute atomic E-state index is 12.3. The number of carbonyl (C=O) groups excluding carboxylic acids is 1. The zero-order valence-electron chi connectivity index (χ0n) is 11.8. The number of benzene rings is 2. The molecule has 3 rings (SSSR count). The summed E-state index contributed by atoms with van der Waals surface area (Å²) in [4.78, 5) is 23.5. The van der Waals surface area contributed by atoms with Gasteiger partial charge in [-0.3, -0.25) is 4.79 Å². The van der Waals surface area contributed by atoms with Gasteiger partial charge in [0.2, 0.25) is 6.79 Å². The second kappa shape index (κ2) is 5.40. The third-order valence-electron chi connectivity index (χ3n) is 3.29. The number of aromatic carboxylic acids is 1. The lowest BCUT2D eigenvalue weighted by Gasteiger charge is -2.09. The lowest BCUT2D eigenvalue weighted by Crippen LogP contribution is -2.15. The summed E-state index contributed by atoms with van der Waals surface area (Å²) in [7, 11) is 0. The number of fused-ring (bicyclic) bond motifs is 1. The summed E-state index contributed by atoms with van der Waals surface area (Å²) in [6, 6.07) is 9.62.